The zero-order valence-electron chi connectivity index (χ0n) is 8.93. The molecule has 1 aliphatic rings. The molecule has 0 saturated carbocycles. The summed E-state index contributed by atoms with van der Waals surface area (Å²) in [4.78, 5) is 11.4. The molecule has 0 spiro atoms. The molecule has 2 rings (SSSR count). The SMILES string of the molecule is COC(=O)C1CCc2c(Br)ccc(F)c2C1. The number of benzene rings is 1. The fourth-order valence-electron chi connectivity index (χ4n) is 2.16. The van der Waals surface area contributed by atoms with Gasteiger partial charge in [0.15, 0.2) is 0 Å². The Morgan fingerprint density at radius 2 is 2.25 bits per heavy atom. The van der Waals surface area contributed by atoms with Gasteiger partial charge in [0, 0.05) is 4.47 Å². The van der Waals surface area contributed by atoms with E-state index in [1.165, 1.54) is 13.2 Å². The number of rotatable bonds is 1. The van der Waals surface area contributed by atoms with Crippen molar-refractivity contribution in [2.24, 2.45) is 5.92 Å². The Kier molecular flexibility index (Phi) is 3.28. The average molecular weight is 287 g/mol. The van der Waals surface area contributed by atoms with Crippen molar-refractivity contribution in [3.63, 3.8) is 0 Å². The number of hydrogen-bond acceptors (Lipinski definition) is 2. The number of carbonyl (C=O) groups is 1. The number of methoxy groups -OCH3 is 1. The largest absolute Gasteiger partial charge is 0.469 e. The smallest absolute Gasteiger partial charge is 0.309 e. The molecule has 1 atom stereocenters. The van der Waals surface area contributed by atoms with Crippen molar-refractivity contribution in [1.82, 2.24) is 0 Å². The third-order valence-corrected chi connectivity index (χ3v) is 3.79. The summed E-state index contributed by atoms with van der Waals surface area (Å²) >= 11 is 3.41. The maximum Gasteiger partial charge on any atom is 0.309 e. The highest BCUT2D eigenvalue weighted by atomic mass is 79.9. The Labute approximate surface area is 102 Å². The summed E-state index contributed by atoms with van der Waals surface area (Å²) in [6.45, 7) is 0. The Morgan fingerprint density at radius 3 is 2.94 bits per heavy atom. The predicted molar refractivity (Wildman–Crippen MR) is 61.6 cm³/mol. The second-order valence-electron chi connectivity index (χ2n) is 3.95. The van der Waals surface area contributed by atoms with Crippen LogP contribution in [0.15, 0.2) is 16.6 Å². The van der Waals surface area contributed by atoms with E-state index in [1.54, 1.807) is 6.07 Å². The van der Waals surface area contributed by atoms with E-state index in [0.29, 0.717) is 18.4 Å². The molecule has 0 saturated heterocycles. The standard InChI is InChI=1S/C12H12BrFO2/c1-16-12(15)7-2-3-8-9(6-7)11(14)5-4-10(8)13/h4-5,7H,2-3,6H2,1H3. The van der Waals surface area contributed by atoms with Crippen molar-refractivity contribution in [1.29, 1.82) is 0 Å². The first-order valence-electron chi connectivity index (χ1n) is 5.17. The van der Waals surface area contributed by atoms with Crippen LogP contribution in [0.2, 0.25) is 0 Å². The zero-order chi connectivity index (χ0) is 11.7. The summed E-state index contributed by atoms with van der Waals surface area (Å²) in [5, 5.41) is 0. The first-order valence-corrected chi connectivity index (χ1v) is 5.96. The minimum Gasteiger partial charge on any atom is -0.469 e. The van der Waals surface area contributed by atoms with Crippen LogP contribution in [0.3, 0.4) is 0 Å². The van der Waals surface area contributed by atoms with Crippen LogP contribution in [0.1, 0.15) is 17.5 Å². The minimum atomic E-state index is -0.245. The first-order chi connectivity index (χ1) is 7.63. The van der Waals surface area contributed by atoms with Crippen molar-refractivity contribution >= 4 is 21.9 Å². The van der Waals surface area contributed by atoms with Crippen molar-refractivity contribution in [3.05, 3.63) is 33.5 Å². The molecule has 2 nitrogen and oxygen atoms in total. The molecule has 0 bridgehead atoms. The van der Waals surface area contributed by atoms with E-state index in [-0.39, 0.29) is 17.7 Å². The quantitative estimate of drug-likeness (QED) is 0.742. The van der Waals surface area contributed by atoms with Crippen LogP contribution in [0, 0.1) is 11.7 Å². The maximum atomic E-state index is 13.6. The average Bonchev–Trinajstić information content (AvgIpc) is 2.32. The molecule has 4 heteroatoms. The highest BCUT2D eigenvalue weighted by Crippen LogP contribution is 2.33. The third-order valence-electron chi connectivity index (χ3n) is 3.04. The summed E-state index contributed by atoms with van der Waals surface area (Å²) in [6.07, 6.45) is 1.88. The summed E-state index contributed by atoms with van der Waals surface area (Å²) in [5.74, 6) is -0.682. The van der Waals surface area contributed by atoms with E-state index in [9.17, 15) is 9.18 Å². The normalized spacial score (nSPS) is 19.1. The van der Waals surface area contributed by atoms with Crippen molar-refractivity contribution in [2.45, 2.75) is 19.3 Å². The molecule has 1 unspecified atom stereocenters. The number of esters is 1. The van der Waals surface area contributed by atoms with Gasteiger partial charge in [0.05, 0.1) is 13.0 Å². The summed E-state index contributed by atoms with van der Waals surface area (Å²) in [5.41, 5.74) is 1.64. The second kappa shape index (κ2) is 4.53. The molecule has 0 radical (unpaired) electrons. The van der Waals surface area contributed by atoms with E-state index >= 15 is 0 Å². The van der Waals surface area contributed by atoms with Gasteiger partial charge >= 0.3 is 5.97 Å². The van der Waals surface area contributed by atoms with Crippen molar-refractivity contribution < 1.29 is 13.9 Å². The zero-order valence-corrected chi connectivity index (χ0v) is 10.5. The molecule has 0 N–H and O–H groups in total. The molecule has 0 aromatic heterocycles. The van der Waals surface area contributed by atoms with E-state index in [4.69, 9.17) is 4.74 Å². The van der Waals surface area contributed by atoms with E-state index in [2.05, 4.69) is 15.9 Å². The molecular weight excluding hydrogens is 275 g/mol. The van der Waals surface area contributed by atoms with Gasteiger partial charge in [0.25, 0.3) is 0 Å². The summed E-state index contributed by atoms with van der Waals surface area (Å²) < 4.78 is 19.2. The number of hydrogen-bond donors (Lipinski definition) is 0. The Morgan fingerprint density at radius 1 is 1.50 bits per heavy atom. The van der Waals surface area contributed by atoms with Crippen LogP contribution in [-0.4, -0.2) is 13.1 Å². The van der Waals surface area contributed by atoms with Gasteiger partial charge in [-0.15, -0.1) is 0 Å². The Balaban J connectivity index is 2.33. The number of fused-ring (bicyclic) bond motifs is 1. The lowest BCUT2D eigenvalue weighted by Gasteiger charge is -2.23. The highest BCUT2D eigenvalue weighted by Gasteiger charge is 2.28. The number of ether oxygens (including phenoxy) is 1. The first kappa shape index (κ1) is 11.6. The van der Waals surface area contributed by atoms with Crippen LogP contribution >= 0.6 is 15.9 Å². The maximum absolute atomic E-state index is 13.6. The molecule has 1 aromatic rings. The van der Waals surface area contributed by atoms with Gasteiger partial charge in [-0.05, 0) is 42.5 Å². The van der Waals surface area contributed by atoms with Crippen LogP contribution in [0.4, 0.5) is 4.39 Å². The van der Waals surface area contributed by atoms with Crippen molar-refractivity contribution in [3.8, 4) is 0 Å². The van der Waals surface area contributed by atoms with Crippen LogP contribution in [-0.2, 0) is 22.4 Å². The lowest BCUT2D eigenvalue weighted by atomic mass is 9.83. The molecular formula is C12H12BrFO2. The van der Waals surface area contributed by atoms with Gasteiger partial charge < -0.3 is 4.74 Å². The fraction of sp³-hybridized carbons (Fsp3) is 0.417. The van der Waals surface area contributed by atoms with Gasteiger partial charge in [0.2, 0.25) is 0 Å². The summed E-state index contributed by atoms with van der Waals surface area (Å²) in [6, 6.07) is 3.15. The van der Waals surface area contributed by atoms with Crippen molar-refractivity contribution in [2.75, 3.05) is 7.11 Å². The van der Waals surface area contributed by atoms with E-state index < -0.39 is 0 Å². The topological polar surface area (TPSA) is 26.3 Å². The molecule has 0 fully saturated rings. The van der Waals surface area contributed by atoms with Gasteiger partial charge in [-0.3, -0.25) is 4.79 Å². The molecule has 1 aromatic carbocycles. The van der Waals surface area contributed by atoms with Crippen LogP contribution in [0.25, 0.3) is 0 Å². The fourth-order valence-corrected chi connectivity index (χ4v) is 2.73. The predicted octanol–water partition coefficient (Wildman–Crippen LogP) is 2.87. The molecule has 0 aliphatic heterocycles. The molecule has 1 aliphatic carbocycles. The van der Waals surface area contributed by atoms with Gasteiger partial charge in [-0.2, -0.15) is 0 Å². The number of halogens is 2. The van der Waals surface area contributed by atoms with Crippen LogP contribution in [0.5, 0.6) is 0 Å². The minimum absolute atomic E-state index is 0.207. The highest BCUT2D eigenvalue weighted by molar-refractivity contribution is 9.10. The van der Waals surface area contributed by atoms with E-state index in [0.717, 1.165) is 16.5 Å². The van der Waals surface area contributed by atoms with Gasteiger partial charge in [-0.1, -0.05) is 15.9 Å². The Hall–Kier alpha value is -0.900. The monoisotopic (exact) mass is 286 g/mol. The molecule has 16 heavy (non-hydrogen) atoms. The van der Waals surface area contributed by atoms with Crippen LogP contribution < -0.4 is 0 Å². The van der Waals surface area contributed by atoms with E-state index in [1.807, 2.05) is 0 Å². The second-order valence-corrected chi connectivity index (χ2v) is 4.80. The lowest BCUT2D eigenvalue weighted by molar-refractivity contribution is -0.145. The molecule has 86 valence electrons. The van der Waals surface area contributed by atoms with Gasteiger partial charge in [-0.25, -0.2) is 4.39 Å². The molecule has 0 amide bonds. The van der Waals surface area contributed by atoms with Gasteiger partial charge in [0.1, 0.15) is 5.82 Å². The number of carbonyl (C=O) groups excluding carboxylic acids is 1. The molecule has 0 heterocycles. The lowest BCUT2D eigenvalue weighted by Crippen LogP contribution is -2.24. The summed E-state index contributed by atoms with van der Waals surface area (Å²) in [7, 11) is 1.37. The third kappa shape index (κ3) is 1.98. The Bertz CT molecular complexity index is 431.